The smallest absolute Gasteiger partial charge is 0.291 e. The molecule has 0 spiro atoms. The number of nitrogens with one attached hydrogen (secondary N) is 2. The van der Waals surface area contributed by atoms with Crippen LogP contribution in [0.25, 0.3) is 5.69 Å². The van der Waals surface area contributed by atoms with E-state index in [2.05, 4.69) is 20.7 Å². The van der Waals surface area contributed by atoms with E-state index in [-0.39, 0.29) is 30.2 Å². The van der Waals surface area contributed by atoms with Gasteiger partial charge < -0.3 is 10.6 Å². The van der Waals surface area contributed by atoms with Crippen molar-refractivity contribution < 1.29 is 4.79 Å². The zero-order valence-electron chi connectivity index (χ0n) is 13.7. The molecule has 25 heavy (non-hydrogen) atoms. The van der Waals surface area contributed by atoms with Gasteiger partial charge in [-0.2, -0.15) is 0 Å². The van der Waals surface area contributed by atoms with Gasteiger partial charge in [0.2, 0.25) is 5.82 Å². The van der Waals surface area contributed by atoms with Crippen LogP contribution in [0.2, 0.25) is 5.02 Å². The number of halogens is 2. The van der Waals surface area contributed by atoms with E-state index in [9.17, 15) is 4.79 Å². The van der Waals surface area contributed by atoms with Gasteiger partial charge in [0.25, 0.3) is 5.91 Å². The number of carbonyl (C=O) groups is 1. The summed E-state index contributed by atoms with van der Waals surface area (Å²) in [5, 5.41) is 11.4. The second kappa shape index (κ2) is 7.72. The van der Waals surface area contributed by atoms with Crippen molar-refractivity contribution in [3.63, 3.8) is 0 Å². The van der Waals surface area contributed by atoms with Crippen LogP contribution < -0.4 is 10.6 Å². The van der Waals surface area contributed by atoms with Crippen LogP contribution in [-0.4, -0.2) is 39.8 Å². The number of nitrogens with zero attached hydrogens (tertiary/aromatic N) is 3. The predicted molar refractivity (Wildman–Crippen MR) is 98.9 cm³/mol. The number of hydrogen-bond acceptors (Lipinski definition) is 4. The van der Waals surface area contributed by atoms with Crippen LogP contribution in [0.15, 0.2) is 24.3 Å². The first-order valence-corrected chi connectivity index (χ1v) is 8.83. The van der Waals surface area contributed by atoms with E-state index < -0.39 is 0 Å². The van der Waals surface area contributed by atoms with Crippen LogP contribution in [0.3, 0.4) is 0 Å². The summed E-state index contributed by atoms with van der Waals surface area (Å²) < 4.78 is 1.73. The maximum absolute atomic E-state index is 12.5. The van der Waals surface area contributed by atoms with Crippen molar-refractivity contribution in [2.75, 3.05) is 13.1 Å². The van der Waals surface area contributed by atoms with Gasteiger partial charge in [0.1, 0.15) is 5.82 Å². The molecule has 0 bridgehead atoms. The van der Waals surface area contributed by atoms with Crippen molar-refractivity contribution in [3.8, 4) is 5.69 Å². The van der Waals surface area contributed by atoms with Gasteiger partial charge in [0, 0.05) is 12.0 Å². The molecule has 1 aliphatic heterocycles. The maximum Gasteiger partial charge on any atom is 0.291 e. The average Bonchev–Trinajstić information content (AvgIpc) is 3.35. The van der Waals surface area contributed by atoms with Crippen LogP contribution in [0.1, 0.15) is 48.0 Å². The molecule has 2 aliphatic rings. The molecule has 0 radical (unpaired) electrons. The van der Waals surface area contributed by atoms with E-state index >= 15 is 0 Å². The molecule has 1 aromatic heterocycles. The fourth-order valence-electron chi connectivity index (χ4n) is 3.04. The molecule has 2 aromatic rings. The summed E-state index contributed by atoms with van der Waals surface area (Å²) in [6, 6.07) is 7.70. The molecule has 4 rings (SSSR count). The summed E-state index contributed by atoms with van der Waals surface area (Å²) in [4.78, 5) is 17.1. The first kappa shape index (κ1) is 18.2. The van der Waals surface area contributed by atoms with E-state index in [1.165, 1.54) is 0 Å². The van der Waals surface area contributed by atoms with E-state index in [1.807, 2.05) is 24.3 Å². The summed E-state index contributed by atoms with van der Waals surface area (Å²) in [6.45, 7) is 1.86. The Balaban J connectivity index is 0.00000182. The fourth-order valence-corrected chi connectivity index (χ4v) is 3.26. The lowest BCUT2D eigenvalue weighted by Gasteiger charge is -2.22. The van der Waals surface area contributed by atoms with E-state index in [1.54, 1.807) is 4.68 Å². The van der Waals surface area contributed by atoms with Crippen molar-refractivity contribution in [3.05, 3.63) is 40.9 Å². The Morgan fingerprint density at radius 1 is 1.20 bits per heavy atom. The third kappa shape index (κ3) is 3.97. The molecule has 1 aromatic carbocycles. The van der Waals surface area contributed by atoms with Crippen molar-refractivity contribution in [1.82, 2.24) is 25.4 Å². The highest BCUT2D eigenvalue weighted by Gasteiger charge is 2.32. The van der Waals surface area contributed by atoms with Gasteiger partial charge in [0.05, 0.1) is 10.7 Å². The molecule has 1 saturated carbocycles. The lowest BCUT2D eigenvalue weighted by molar-refractivity contribution is 0.0919. The van der Waals surface area contributed by atoms with Crippen LogP contribution >= 0.6 is 24.0 Å². The van der Waals surface area contributed by atoms with Crippen LogP contribution in [0.4, 0.5) is 0 Å². The normalized spacial score (nSPS) is 17.8. The van der Waals surface area contributed by atoms with Crippen molar-refractivity contribution in [1.29, 1.82) is 0 Å². The second-order valence-corrected chi connectivity index (χ2v) is 6.84. The number of aromatic nitrogens is 3. The zero-order chi connectivity index (χ0) is 16.5. The van der Waals surface area contributed by atoms with Gasteiger partial charge >= 0.3 is 0 Å². The number of benzene rings is 1. The Morgan fingerprint density at radius 2 is 1.92 bits per heavy atom. The Labute approximate surface area is 157 Å². The summed E-state index contributed by atoms with van der Waals surface area (Å²) in [5.41, 5.74) is 0.773. The highest BCUT2D eigenvalue weighted by atomic mass is 35.5. The van der Waals surface area contributed by atoms with Gasteiger partial charge in [0.15, 0.2) is 0 Å². The first-order chi connectivity index (χ1) is 11.7. The van der Waals surface area contributed by atoms with Crippen LogP contribution in [0.5, 0.6) is 0 Å². The van der Waals surface area contributed by atoms with E-state index in [4.69, 9.17) is 11.6 Å². The highest BCUT2D eigenvalue weighted by Crippen LogP contribution is 2.40. The summed E-state index contributed by atoms with van der Waals surface area (Å²) in [6.07, 6.45) is 4.04. The molecule has 1 saturated heterocycles. The van der Waals surface area contributed by atoms with Crippen molar-refractivity contribution in [2.24, 2.45) is 0 Å². The minimum absolute atomic E-state index is 0. The third-order valence-corrected chi connectivity index (χ3v) is 4.85. The lowest BCUT2D eigenvalue weighted by Crippen LogP contribution is -2.43. The topological polar surface area (TPSA) is 71.8 Å². The zero-order valence-corrected chi connectivity index (χ0v) is 15.3. The van der Waals surface area contributed by atoms with E-state index in [0.717, 1.165) is 50.3 Å². The van der Waals surface area contributed by atoms with Gasteiger partial charge in [-0.15, -0.1) is 17.5 Å². The molecule has 8 heteroatoms. The van der Waals surface area contributed by atoms with Crippen molar-refractivity contribution >= 4 is 29.9 Å². The Morgan fingerprint density at radius 3 is 2.60 bits per heavy atom. The molecule has 1 amide bonds. The molecular weight excluding hydrogens is 361 g/mol. The first-order valence-electron chi connectivity index (χ1n) is 8.46. The van der Waals surface area contributed by atoms with Gasteiger partial charge in [-0.05, 0) is 50.9 Å². The number of para-hydroxylation sites is 1. The van der Waals surface area contributed by atoms with Gasteiger partial charge in [-0.25, -0.2) is 9.67 Å². The SMILES string of the molecule is Cl.O=C(NC1CCNCC1)c1nc(C2CC2)n(-c2ccccc2Cl)n1. The largest absolute Gasteiger partial charge is 0.346 e. The molecule has 0 atom stereocenters. The third-order valence-electron chi connectivity index (χ3n) is 4.53. The predicted octanol–water partition coefficient (Wildman–Crippen LogP) is 2.70. The molecule has 6 nitrogen and oxygen atoms in total. The minimum Gasteiger partial charge on any atom is -0.346 e. The van der Waals surface area contributed by atoms with Crippen molar-refractivity contribution in [2.45, 2.75) is 37.6 Å². The quantitative estimate of drug-likeness (QED) is 0.853. The molecule has 2 heterocycles. The number of rotatable bonds is 4. The number of amides is 1. The molecule has 0 unspecified atom stereocenters. The molecule has 2 fully saturated rings. The summed E-state index contributed by atoms with van der Waals surface area (Å²) in [5.74, 6) is 1.23. The molecule has 134 valence electrons. The van der Waals surface area contributed by atoms with E-state index in [0.29, 0.717) is 10.9 Å². The fraction of sp³-hybridized carbons (Fsp3) is 0.471. The monoisotopic (exact) mass is 381 g/mol. The minimum atomic E-state index is -0.199. The maximum atomic E-state index is 12.5. The number of piperidine rings is 1. The standard InChI is InChI=1S/C17H20ClN5O.ClH/c18-13-3-1-2-4-14(13)23-16(11-5-6-11)21-15(22-23)17(24)20-12-7-9-19-10-8-12;/h1-4,11-12,19H,5-10H2,(H,20,24);1H. The van der Waals surface area contributed by atoms with Gasteiger partial charge in [-0.1, -0.05) is 23.7 Å². The Hall–Kier alpha value is -1.63. The lowest BCUT2D eigenvalue weighted by atomic mass is 10.1. The summed E-state index contributed by atoms with van der Waals surface area (Å²) >= 11 is 6.30. The summed E-state index contributed by atoms with van der Waals surface area (Å²) in [7, 11) is 0. The van der Waals surface area contributed by atoms with Gasteiger partial charge in [-0.3, -0.25) is 4.79 Å². The molecular formula is C17H21Cl2N5O. The van der Waals surface area contributed by atoms with Crippen LogP contribution in [0, 0.1) is 0 Å². The Kier molecular flexibility index (Phi) is 5.61. The molecule has 1 aliphatic carbocycles. The number of hydrogen-bond donors (Lipinski definition) is 2. The highest BCUT2D eigenvalue weighted by molar-refractivity contribution is 6.32. The van der Waals surface area contributed by atoms with Crippen LogP contribution in [-0.2, 0) is 0 Å². The molecule has 2 N–H and O–H groups in total. The Bertz CT molecular complexity index is 753. The number of carbonyl (C=O) groups excluding carboxylic acids is 1. The second-order valence-electron chi connectivity index (χ2n) is 6.43. The average molecular weight is 382 g/mol.